The number of allylic oxidation sites excluding steroid dienone is 2. The Morgan fingerprint density at radius 1 is 1.00 bits per heavy atom. The number of hydrogen-bond acceptors (Lipinski definition) is 8. The quantitative estimate of drug-likeness (QED) is 0.519. The van der Waals surface area contributed by atoms with Gasteiger partial charge in [0.25, 0.3) is 0 Å². The number of carbonyl (C=O) groups excluding carboxylic acids is 3. The maximum absolute atomic E-state index is 12.9. The van der Waals surface area contributed by atoms with E-state index < -0.39 is 11.9 Å². The van der Waals surface area contributed by atoms with Crippen LogP contribution in [-0.2, 0) is 19.1 Å². The number of ketones is 1. The van der Waals surface area contributed by atoms with Crippen LogP contribution in [0.1, 0.15) is 30.1 Å². The molecule has 3 rings (SSSR count). The molecule has 0 aromatic heterocycles. The van der Waals surface area contributed by atoms with Crippen LogP contribution in [0.2, 0.25) is 0 Å². The van der Waals surface area contributed by atoms with E-state index in [-0.39, 0.29) is 17.1 Å². The maximum atomic E-state index is 12.9. The van der Waals surface area contributed by atoms with E-state index in [4.69, 9.17) is 18.9 Å². The standard InChI is InChI=1S/C22H23NO7/c1-4-7-17(24)15-12-18-19(30-11-10-29-18)13-16(15)23-9-6-5-8-14(21(25)27-2)20(23)22(26)28-3/h5-6,8-9,12-13H,4,7,10-11H2,1-3H3. The monoisotopic (exact) mass is 413 g/mol. The first kappa shape index (κ1) is 21.2. The molecule has 0 radical (unpaired) electrons. The fourth-order valence-electron chi connectivity index (χ4n) is 3.21. The van der Waals surface area contributed by atoms with Crippen LogP contribution in [0.3, 0.4) is 0 Å². The Morgan fingerprint density at radius 2 is 1.67 bits per heavy atom. The molecule has 1 aromatic rings. The summed E-state index contributed by atoms with van der Waals surface area (Å²) < 4.78 is 21.1. The minimum Gasteiger partial charge on any atom is -0.486 e. The highest BCUT2D eigenvalue weighted by atomic mass is 16.6. The summed E-state index contributed by atoms with van der Waals surface area (Å²) >= 11 is 0. The number of carbonyl (C=O) groups is 3. The van der Waals surface area contributed by atoms with E-state index in [0.717, 1.165) is 0 Å². The summed E-state index contributed by atoms with van der Waals surface area (Å²) in [6.45, 7) is 2.64. The highest BCUT2D eigenvalue weighted by Gasteiger charge is 2.31. The lowest BCUT2D eigenvalue weighted by atomic mass is 10.0. The fourth-order valence-corrected chi connectivity index (χ4v) is 3.21. The molecule has 0 aliphatic carbocycles. The Bertz CT molecular complexity index is 958. The number of methoxy groups -OCH3 is 2. The van der Waals surface area contributed by atoms with E-state index in [9.17, 15) is 14.4 Å². The molecule has 2 aliphatic heterocycles. The van der Waals surface area contributed by atoms with Gasteiger partial charge in [0.2, 0.25) is 0 Å². The van der Waals surface area contributed by atoms with E-state index in [0.29, 0.717) is 48.8 Å². The van der Waals surface area contributed by atoms with Crippen molar-refractivity contribution in [2.75, 3.05) is 32.3 Å². The summed E-state index contributed by atoms with van der Waals surface area (Å²) in [4.78, 5) is 39.4. The second-order valence-electron chi connectivity index (χ2n) is 6.50. The van der Waals surface area contributed by atoms with Crippen LogP contribution in [0, 0.1) is 0 Å². The number of fused-ring (bicyclic) bond motifs is 1. The molecule has 0 amide bonds. The smallest absolute Gasteiger partial charge is 0.355 e. The molecule has 0 atom stereocenters. The zero-order valence-corrected chi connectivity index (χ0v) is 17.1. The zero-order valence-electron chi connectivity index (χ0n) is 17.1. The van der Waals surface area contributed by atoms with Crippen molar-refractivity contribution < 1.29 is 33.3 Å². The van der Waals surface area contributed by atoms with Crippen LogP contribution in [0.4, 0.5) is 5.69 Å². The number of Topliss-reactive ketones (excluding diaryl/α,β-unsaturated/α-hetero) is 1. The van der Waals surface area contributed by atoms with Crippen molar-refractivity contribution in [2.45, 2.75) is 19.8 Å². The lowest BCUT2D eigenvalue weighted by Gasteiger charge is -2.27. The maximum Gasteiger partial charge on any atom is 0.355 e. The first-order chi connectivity index (χ1) is 14.5. The van der Waals surface area contributed by atoms with Gasteiger partial charge in [-0.2, -0.15) is 0 Å². The molecule has 8 nitrogen and oxygen atoms in total. The third-order valence-electron chi connectivity index (χ3n) is 4.59. The van der Waals surface area contributed by atoms with Crippen molar-refractivity contribution in [1.29, 1.82) is 0 Å². The lowest BCUT2D eigenvalue weighted by Crippen LogP contribution is -2.28. The predicted octanol–water partition coefficient (Wildman–Crippen LogP) is 2.93. The number of ether oxygens (including phenoxy) is 4. The number of anilines is 1. The molecular weight excluding hydrogens is 390 g/mol. The van der Waals surface area contributed by atoms with E-state index in [1.54, 1.807) is 30.5 Å². The van der Waals surface area contributed by atoms with Crippen molar-refractivity contribution in [1.82, 2.24) is 0 Å². The van der Waals surface area contributed by atoms with Gasteiger partial charge in [-0.15, -0.1) is 0 Å². The van der Waals surface area contributed by atoms with Gasteiger partial charge < -0.3 is 23.8 Å². The van der Waals surface area contributed by atoms with Gasteiger partial charge in [0, 0.05) is 24.3 Å². The van der Waals surface area contributed by atoms with E-state index >= 15 is 0 Å². The van der Waals surface area contributed by atoms with Gasteiger partial charge in [-0.25, -0.2) is 9.59 Å². The third-order valence-corrected chi connectivity index (χ3v) is 4.59. The van der Waals surface area contributed by atoms with Gasteiger partial charge in [0.15, 0.2) is 17.3 Å². The minimum atomic E-state index is -0.754. The second-order valence-corrected chi connectivity index (χ2v) is 6.50. The largest absolute Gasteiger partial charge is 0.486 e. The van der Waals surface area contributed by atoms with E-state index in [2.05, 4.69) is 0 Å². The second kappa shape index (κ2) is 9.30. The SMILES string of the molecule is CCCC(=O)c1cc2c(cc1N1C=CC=CC(C(=O)OC)=C1C(=O)OC)OCCO2. The predicted molar refractivity (Wildman–Crippen MR) is 108 cm³/mol. The summed E-state index contributed by atoms with van der Waals surface area (Å²) in [5, 5.41) is 0. The number of hydrogen-bond donors (Lipinski definition) is 0. The first-order valence-electron chi connectivity index (χ1n) is 9.53. The summed E-state index contributed by atoms with van der Waals surface area (Å²) in [6.07, 6.45) is 7.23. The summed E-state index contributed by atoms with van der Waals surface area (Å²) in [5.74, 6) is -0.689. The average Bonchev–Trinajstić information content (AvgIpc) is 3.00. The molecule has 30 heavy (non-hydrogen) atoms. The Balaban J connectivity index is 2.26. The van der Waals surface area contributed by atoms with Crippen LogP contribution in [0.25, 0.3) is 0 Å². The highest BCUT2D eigenvalue weighted by molar-refractivity contribution is 6.08. The Labute approximate surface area is 174 Å². The molecule has 0 unspecified atom stereocenters. The lowest BCUT2D eigenvalue weighted by molar-refractivity contribution is -0.139. The molecule has 0 saturated heterocycles. The van der Waals surface area contributed by atoms with Gasteiger partial charge in [-0.05, 0) is 24.6 Å². The van der Waals surface area contributed by atoms with Crippen molar-refractivity contribution >= 4 is 23.4 Å². The number of benzene rings is 1. The summed E-state index contributed by atoms with van der Waals surface area (Å²) in [6, 6.07) is 3.24. The minimum absolute atomic E-state index is 0.00173. The van der Waals surface area contributed by atoms with Crippen LogP contribution in [0.15, 0.2) is 47.8 Å². The van der Waals surface area contributed by atoms with Crippen LogP contribution in [-0.4, -0.2) is 45.2 Å². The van der Waals surface area contributed by atoms with Crippen LogP contribution >= 0.6 is 0 Å². The number of esters is 2. The van der Waals surface area contributed by atoms with Crippen molar-refractivity contribution in [3.05, 3.63) is 53.4 Å². The third kappa shape index (κ3) is 4.07. The molecule has 0 N–H and O–H groups in total. The zero-order chi connectivity index (χ0) is 21.7. The topological polar surface area (TPSA) is 91.4 Å². The van der Waals surface area contributed by atoms with Gasteiger partial charge in [-0.1, -0.05) is 13.0 Å². The van der Waals surface area contributed by atoms with Gasteiger partial charge in [-0.3, -0.25) is 4.79 Å². The molecule has 0 bridgehead atoms. The Kier molecular flexibility index (Phi) is 6.56. The van der Waals surface area contributed by atoms with Crippen LogP contribution in [0.5, 0.6) is 11.5 Å². The number of nitrogens with zero attached hydrogens (tertiary/aromatic N) is 1. The number of rotatable bonds is 6. The molecule has 0 fully saturated rings. The van der Waals surface area contributed by atoms with Gasteiger partial charge in [0.05, 0.1) is 25.5 Å². The van der Waals surface area contributed by atoms with Gasteiger partial charge >= 0.3 is 11.9 Å². The molecule has 0 saturated carbocycles. The van der Waals surface area contributed by atoms with Crippen LogP contribution < -0.4 is 14.4 Å². The van der Waals surface area contributed by atoms with Crippen molar-refractivity contribution in [2.24, 2.45) is 0 Å². The molecule has 8 heteroatoms. The van der Waals surface area contributed by atoms with E-state index in [1.165, 1.54) is 25.2 Å². The molecule has 2 heterocycles. The molecule has 2 aliphatic rings. The normalized spacial score (nSPS) is 15.0. The van der Waals surface area contributed by atoms with Gasteiger partial charge in [0.1, 0.15) is 18.9 Å². The van der Waals surface area contributed by atoms with E-state index in [1.807, 2.05) is 6.92 Å². The van der Waals surface area contributed by atoms with Crippen molar-refractivity contribution in [3.8, 4) is 11.5 Å². The Hall–Kier alpha value is -3.55. The molecule has 0 spiro atoms. The molecule has 1 aromatic carbocycles. The summed E-state index contributed by atoms with van der Waals surface area (Å²) in [7, 11) is 2.44. The highest BCUT2D eigenvalue weighted by Crippen LogP contribution is 2.40. The molecule has 158 valence electrons. The first-order valence-corrected chi connectivity index (χ1v) is 9.53. The molecular formula is C22H23NO7. The van der Waals surface area contributed by atoms with Crippen molar-refractivity contribution in [3.63, 3.8) is 0 Å². The Morgan fingerprint density at radius 3 is 2.30 bits per heavy atom. The fraction of sp³-hybridized carbons (Fsp3) is 0.318. The summed E-state index contributed by atoms with van der Waals surface area (Å²) in [5.41, 5.74) is 0.646. The average molecular weight is 413 g/mol.